The fraction of sp³-hybridized carbons (Fsp3) is 0.346. The highest BCUT2D eigenvalue weighted by Crippen LogP contribution is 2.28. The molecule has 1 aliphatic heterocycles. The lowest BCUT2D eigenvalue weighted by molar-refractivity contribution is -0.129. The largest absolute Gasteiger partial charge is 0.358 e. The quantitative estimate of drug-likeness (QED) is 0.293. The van der Waals surface area contributed by atoms with Crippen LogP contribution in [0.15, 0.2) is 52.4 Å². The molecule has 0 spiro atoms. The van der Waals surface area contributed by atoms with Gasteiger partial charge in [-0.15, -0.1) is 0 Å². The third-order valence-electron chi connectivity index (χ3n) is 6.37. The smallest absolute Gasteiger partial charge is 0.262 e. The van der Waals surface area contributed by atoms with Gasteiger partial charge in [-0.2, -0.15) is 0 Å². The molecule has 5 rings (SSSR count). The molecule has 0 radical (unpaired) electrons. The van der Waals surface area contributed by atoms with E-state index in [1.807, 2.05) is 17.0 Å². The van der Waals surface area contributed by atoms with Gasteiger partial charge in [-0.05, 0) is 36.6 Å². The van der Waals surface area contributed by atoms with Gasteiger partial charge in [0.2, 0.25) is 5.91 Å². The minimum absolute atomic E-state index is 0.0526. The maximum Gasteiger partial charge on any atom is 0.262 e. The van der Waals surface area contributed by atoms with E-state index in [0.717, 1.165) is 18.4 Å². The number of carbonyl (C=O) groups is 1. The minimum Gasteiger partial charge on any atom is -0.358 e. The number of fused-ring (bicyclic) bond motifs is 4. The summed E-state index contributed by atoms with van der Waals surface area (Å²) in [6.45, 7) is 6.11. The van der Waals surface area contributed by atoms with Crippen molar-refractivity contribution in [2.75, 3.05) is 12.3 Å². The van der Waals surface area contributed by atoms with Crippen molar-refractivity contribution in [3.63, 3.8) is 0 Å². The number of benzene rings is 2. The van der Waals surface area contributed by atoms with Crippen molar-refractivity contribution in [3.8, 4) is 0 Å². The molecule has 0 saturated carbocycles. The van der Waals surface area contributed by atoms with Gasteiger partial charge in [0.1, 0.15) is 0 Å². The number of aromatic amines is 1. The molecule has 34 heavy (non-hydrogen) atoms. The Morgan fingerprint density at radius 3 is 2.85 bits per heavy atom. The van der Waals surface area contributed by atoms with Crippen molar-refractivity contribution in [3.05, 3.63) is 69.1 Å². The van der Waals surface area contributed by atoms with E-state index in [4.69, 9.17) is 16.6 Å². The van der Waals surface area contributed by atoms with E-state index in [-0.39, 0.29) is 17.2 Å². The fourth-order valence-corrected chi connectivity index (χ4v) is 5.56. The second-order valence-corrected chi connectivity index (χ2v) is 10.6. The molecule has 0 aliphatic carbocycles. The molecule has 2 aromatic heterocycles. The molecule has 2 aromatic carbocycles. The third-order valence-corrected chi connectivity index (χ3v) is 7.57. The van der Waals surface area contributed by atoms with Crippen LogP contribution in [0.25, 0.3) is 21.8 Å². The normalized spacial score (nSPS) is 13.7. The number of aromatic nitrogens is 3. The molecule has 3 heterocycles. The Morgan fingerprint density at radius 1 is 1.21 bits per heavy atom. The van der Waals surface area contributed by atoms with Crippen LogP contribution in [0.5, 0.6) is 0 Å². The molecule has 4 aromatic rings. The van der Waals surface area contributed by atoms with Crippen LogP contribution in [-0.2, 0) is 24.3 Å². The highest BCUT2D eigenvalue weighted by Gasteiger charge is 2.24. The molecule has 1 aliphatic rings. The fourth-order valence-electron chi connectivity index (χ4n) is 4.47. The summed E-state index contributed by atoms with van der Waals surface area (Å²) in [5.74, 6) is 0.737. The van der Waals surface area contributed by atoms with E-state index < -0.39 is 0 Å². The lowest BCUT2D eigenvalue weighted by Gasteiger charge is -2.27. The summed E-state index contributed by atoms with van der Waals surface area (Å²) < 4.78 is 1.71. The van der Waals surface area contributed by atoms with E-state index in [2.05, 4.69) is 31.0 Å². The van der Waals surface area contributed by atoms with Crippen molar-refractivity contribution in [2.24, 2.45) is 5.92 Å². The number of nitrogens with one attached hydrogen (secondary N) is 1. The van der Waals surface area contributed by atoms with E-state index >= 15 is 0 Å². The number of amides is 1. The summed E-state index contributed by atoms with van der Waals surface area (Å²) in [6, 6.07) is 13.4. The van der Waals surface area contributed by atoms with Crippen LogP contribution in [0, 0.1) is 5.92 Å². The topological polar surface area (TPSA) is 71.0 Å². The van der Waals surface area contributed by atoms with Gasteiger partial charge < -0.3 is 9.88 Å². The predicted molar refractivity (Wildman–Crippen MR) is 139 cm³/mol. The number of hydrogen-bond donors (Lipinski definition) is 1. The summed E-state index contributed by atoms with van der Waals surface area (Å²) in [4.78, 5) is 36.5. The number of para-hydroxylation sites is 1. The van der Waals surface area contributed by atoms with Crippen LogP contribution in [0.3, 0.4) is 0 Å². The Hall–Kier alpha value is -2.77. The molecular weight excluding hydrogens is 468 g/mol. The number of hydrogen-bond acceptors (Lipinski definition) is 4. The number of thioether (sulfide) groups is 1. The maximum absolute atomic E-state index is 13.2. The second-order valence-electron chi connectivity index (χ2n) is 9.18. The van der Waals surface area contributed by atoms with Gasteiger partial charge in [0, 0.05) is 53.2 Å². The first-order chi connectivity index (χ1) is 16.4. The molecule has 0 unspecified atom stereocenters. The lowest BCUT2D eigenvalue weighted by Crippen LogP contribution is -2.37. The highest BCUT2D eigenvalue weighted by molar-refractivity contribution is 7.99. The molecule has 1 amide bonds. The van der Waals surface area contributed by atoms with Crippen LogP contribution in [0.4, 0.5) is 0 Å². The van der Waals surface area contributed by atoms with Gasteiger partial charge in [0.25, 0.3) is 5.56 Å². The number of rotatable bonds is 6. The number of carbonyl (C=O) groups excluding carboxylic acids is 1. The Labute approximate surface area is 207 Å². The predicted octanol–water partition coefficient (Wildman–Crippen LogP) is 5.25. The van der Waals surface area contributed by atoms with Crippen molar-refractivity contribution in [1.82, 2.24) is 19.4 Å². The van der Waals surface area contributed by atoms with Crippen LogP contribution >= 0.6 is 23.4 Å². The molecule has 6 nitrogen and oxygen atoms in total. The molecule has 0 fully saturated rings. The van der Waals surface area contributed by atoms with Crippen molar-refractivity contribution in [1.29, 1.82) is 0 Å². The summed E-state index contributed by atoms with van der Waals surface area (Å²) in [5, 5.41) is 2.83. The van der Waals surface area contributed by atoms with Crippen LogP contribution < -0.4 is 5.56 Å². The molecule has 176 valence electrons. The van der Waals surface area contributed by atoms with Gasteiger partial charge >= 0.3 is 0 Å². The average Bonchev–Trinajstić information content (AvgIpc) is 3.19. The summed E-state index contributed by atoms with van der Waals surface area (Å²) >= 11 is 7.48. The molecule has 1 N–H and O–H groups in total. The van der Waals surface area contributed by atoms with E-state index in [0.29, 0.717) is 46.6 Å². The summed E-state index contributed by atoms with van der Waals surface area (Å²) in [6.07, 6.45) is 1.67. The number of halogens is 1. The Balaban J connectivity index is 1.38. The monoisotopic (exact) mass is 494 g/mol. The first kappa shape index (κ1) is 23.0. The lowest BCUT2D eigenvalue weighted by atomic mass is 10.0. The van der Waals surface area contributed by atoms with Crippen LogP contribution in [0.2, 0.25) is 5.02 Å². The molecule has 8 heteroatoms. The standard InChI is InChI=1S/C26H27ClN4O2S/c1-16(2)9-12-31-25(33)19-8-7-17(27)13-23(19)29-26(31)34-15-24(32)30-11-10-22-20(14-30)18-5-3-4-6-21(18)28-22/h3-8,13,16,28H,9-12,14-15H2,1-2H3. The van der Waals surface area contributed by atoms with E-state index in [1.165, 1.54) is 28.4 Å². The van der Waals surface area contributed by atoms with Gasteiger partial charge in [-0.3, -0.25) is 14.2 Å². The average molecular weight is 495 g/mol. The third kappa shape index (κ3) is 4.46. The first-order valence-corrected chi connectivity index (χ1v) is 13.0. The van der Waals surface area contributed by atoms with E-state index in [1.54, 1.807) is 22.8 Å². The zero-order valence-corrected chi connectivity index (χ0v) is 20.9. The van der Waals surface area contributed by atoms with Crippen molar-refractivity contribution < 1.29 is 4.79 Å². The zero-order valence-electron chi connectivity index (χ0n) is 19.3. The molecule has 0 saturated heterocycles. The summed E-state index contributed by atoms with van der Waals surface area (Å²) in [5.41, 5.74) is 4.01. The van der Waals surface area contributed by atoms with Crippen molar-refractivity contribution >= 4 is 51.1 Å². The molecular formula is C26H27ClN4O2S. The van der Waals surface area contributed by atoms with Gasteiger partial charge in [0.15, 0.2) is 5.16 Å². The highest BCUT2D eigenvalue weighted by atomic mass is 35.5. The number of nitrogens with zero attached hydrogens (tertiary/aromatic N) is 3. The molecule has 0 bridgehead atoms. The Bertz CT molecular complexity index is 1440. The first-order valence-electron chi connectivity index (χ1n) is 11.6. The van der Waals surface area contributed by atoms with Gasteiger partial charge in [-0.1, -0.05) is 55.4 Å². The van der Waals surface area contributed by atoms with Crippen LogP contribution in [-0.4, -0.2) is 37.6 Å². The van der Waals surface area contributed by atoms with E-state index in [9.17, 15) is 9.59 Å². The van der Waals surface area contributed by atoms with Crippen molar-refractivity contribution in [2.45, 2.75) is 44.9 Å². The van der Waals surface area contributed by atoms with Crippen LogP contribution in [0.1, 0.15) is 31.5 Å². The Kier molecular flexibility index (Phi) is 6.40. The maximum atomic E-state index is 13.2. The summed E-state index contributed by atoms with van der Waals surface area (Å²) in [7, 11) is 0. The second kappa shape index (κ2) is 9.47. The van der Waals surface area contributed by atoms with Gasteiger partial charge in [-0.25, -0.2) is 4.98 Å². The van der Waals surface area contributed by atoms with Gasteiger partial charge in [0.05, 0.1) is 16.7 Å². The Morgan fingerprint density at radius 2 is 2.03 bits per heavy atom. The molecule has 0 atom stereocenters. The SMILES string of the molecule is CC(C)CCn1c(SCC(=O)N2CCc3[nH]c4ccccc4c3C2)nc2cc(Cl)ccc2c1=O. The number of H-pyrrole nitrogens is 1. The minimum atomic E-state index is -0.0846. The zero-order chi connectivity index (χ0) is 23.8.